The van der Waals surface area contributed by atoms with Gasteiger partial charge in [-0.1, -0.05) is 17.7 Å². The highest BCUT2D eigenvalue weighted by molar-refractivity contribution is 6.31. The number of rotatable bonds is 2. The van der Waals surface area contributed by atoms with E-state index in [2.05, 4.69) is 9.98 Å². The fraction of sp³-hybridized carbons (Fsp3) is 0. The first-order valence-corrected chi connectivity index (χ1v) is 5.88. The van der Waals surface area contributed by atoms with Crippen LogP contribution in [0.25, 0.3) is 22.6 Å². The number of nitrogens with zero attached hydrogens (tertiary/aromatic N) is 2. The summed E-state index contributed by atoms with van der Waals surface area (Å²) in [7, 11) is 0. The van der Waals surface area contributed by atoms with Crippen molar-refractivity contribution in [3.05, 3.63) is 47.5 Å². The van der Waals surface area contributed by atoms with E-state index in [1.165, 1.54) is 6.08 Å². The molecule has 0 atom stereocenters. The average Bonchev–Trinajstić information content (AvgIpc) is 2.82. The highest BCUT2D eigenvalue weighted by Crippen LogP contribution is 2.28. The molecule has 0 bridgehead atoms. The molecule has 1 heterocycles. The van der Waals surface area contributed by atoms with Gasteiger partial charge in [0.25, 0.3) is 0 Å². The number of halogens is 1. The molecule has 0 unspecified atom stereocenters. The summed E-state index contributed by atoms with van der Waals surface area (Å²) in [5.41, 5.74) is 2.59. The maximum atomic E-state index is 10.3. The number of fused-ring (bicyclic) bond motifs is 1. The van der Waals surface area contributed by atoms with Gasteiger partial charge in [-0.3, -0.25) is 0 Å². The van der Waals surface area contributed by atoms with Crippen molar-refractivity contribution in [2.24, 2.45) is 4.99 Å². The molecular formula is C14H7ClN2O2. The van der Waals surface area contributed by atoms with E-state index in [1.807, 2.05) is 6.07 Å². The third kappa shape index (κ3) is 2.27. The van der Waals surface area contributed by atoms with Gasteiger partial charge >= 0.3 is 0 Å². The molecule has 92 valence electrons. The van der Waals surface area contributed by atoms with Crippen molar-refractivity contribution in [1.29, 1.82) is 0 Å². The highest BCUT2D eigenvalue weighted by atomic mass is 35.5. The fourth-order valence-corrected chi connectivity index (χ4v) is 1.95. The first-order valence-electron chi connectivity index (χ1n) is 5.51. The molecule has 0 aliphatic carbocycles. The van der Waals surface area contributed by atoms with Crippen LogP contribution >= 0.6 is 11.6 Å². The quantitative estimate of drug-likeness (QED) is 0.520. The van der Waals surface area contributed by atoms with Crippen LogP contribution in [-0.2, 0) is 4.79 Å². The summed E-state index contributed by atoms with van der Waals surface area (Å²) in [5, 5.41) is 0.603. The third-order valence-corrected chi connectivity index (χ3v) is 2.85. The predicted octanol–water partition coefficient (Wildman–Crippen LogP) is 4.12. The average molecular weight is 271 g/mol. The van der Waals surface area contributed by atoms with E-state index in [4.69, 9.17) is 16.0 Å². The standard InChI is InChI=1S/C14H7ClN2O2/c15-10-4-5-13-12(7-10)17-14(19-13)9-2-1-3-11(6-9)16-8-18/h1-7H. The lowest BCUT2D eigenvalue weighted by Crippen LogP contribution is -1.76. The molecule has 0 aliphatic heterocycles. The van der Waals surface area contributed by atoms with Crippen molar-refractivity contribution < 1.29 is 9.21 Å². The van der Waals surface area contributed by atoms with E-state index in [0.717, 1.165) is 5.56 Å². The second-order valence-electron chi connectivity index (χ2n) is 3.88. The fourth-order valence-electron chi connectivity index (χ4n) is 1.79. The summed E-state index contributed by atoms with van der Waals surface area (Å²) < 4.78 is 5.63. The summed E-state index contributed by atoms with van der Waals surface area (Å²) in [4.78, 5) is 18.2. The molecule has 5 heteroatoms. The van der Waals surface area contributed by atoms with E-state index in [0.29, 0.717) is 27.7 Å². The number of oxazole rings is 1. The van der Waals surface area contributed by atoms with Crippen LogP contribution in [0, 0.1) is 0 Å². The maximum Gasteiger partial charge on any atom is 0.240 e. The van der Waals surface area contributed by atoms with Gasteiger partial charge in [0.2, 0.25) is 12.0 Å². The van der Waals surface area contributed by atoms with Crippen molar-refractivity contribution in [1.82, 2.24) is 4.98 Å². The molecule has 0 spiro atoms. The normalized spacial score (nSPS) is 10.4. The first kappa shape index (κ1) is 11.7. The summed E-state index contributed by atoms with van der Waals surface area (Å²) in [6, 6.07) is 12.2. The summed E-state index contributed by atoms with van der Waals surface area (Å²) >= 11 is 5.90. The third-order valence-electron chi connectivity index (χ3n) is 2.62. The van der Waals surface area contributed by atoms with Crippen molar-refractivity contribution >= 4 is 34.5 Å². The smallest absolute Gasteiger partial charge is 0.240 e. The number of carbonyl (C=O) groups excluding carboxylic acids is 1. The summed E-state index contributed by atoms with van der Waals surface area (Å²) in [5.74, 6) is 0.459. The van der Waals surface area contributed by atoms with Gasteiger partial charge in [-0.05, 0) is 36.4 Å². The Kier molecular flexibility index (Phi) is 2.88. The molecule has 0 radical (unpaired) electrons. The predicted molar refractivity (Wildman–Crippen MR) is 72.2 cm³/mol. The molecular weight excluding hydrogens is 264 g/mol. The minimum atomic E-state index is 0.459. The van der Waals surface area contributed by atoms with Crippen LogP contribution in [0.4, 0.5) is 5.69 Å². The van der Waals surface area contributed by atoms with Gasteiger partial charge < -0.3 is 4.42 Å². The molecule has 0 saturated carbocycles. The van der Waals surface area contributed by atoms with Crippen LogP contribution in [-0.4, -0.2) is 11.1 Å². The molecule has 0 amide bonds. The maximum absolute atomic E-state index is 10.3. The number of aromatic nitrogens is 1. The molecule has 3 aromatic rings. The molecule has 0 fully saturated rings. The molecule has 2 aromatic carbocycles. The Hall–Kier alpha value is -2.42. The SMILES string of the molecule is O=C=Nc1cccc(-c2nc3cc(Cl)ccc3o2)c1. The van der Waals surface area contributed by atoms with Crippen LogP contribution in [0.1, 0.15) is 0 Å². The van der Waals surface area contributed by atoms with Crippen LogP contribution in [0.3, 0.4) is 0 Å². The van der Waals surface area contributed by atoms with Gasteiger partial charge in [-0.15, -0.1) is 0 Å². The summed E-state index contributed by atoms with van der Waals surface area (Å²) in [6.07, 6.45) is 1.50. The Morgan fingerprint density at radius 3 is 2.95 bits per heavy atom. The van der Waals surface area contributed by atoms with Gasteiger partial charge in [-0.25, -0.2) is 9.78 Å². The van der Waals surface area contributed by atoms with Gasteiger partial charge in [0.1, 0.15) is 5.52 Å². The zero-order chi connectivity index (χ0) is 13.2. The topological polar surface area (TPSA) is 55.5 Å². The molecule has 0 aliphatic rings. The summed E-state index contributed by atoms with van der Waals surface area (Å²) in [6.45, 7) is 0. The minimum absolute atomic E-state index is 0.459. The second-order valence-corrected chi connectivity index (χ2v) is 4.32. The van der Waals surface area contributed by atoms with E-state index >= 15 is 0 Å². The van der Waals surface area contributed by atoms with Gasteiger partial charge in [0.15, 0.2) is 5.58 Å². The Morgan fingerprint density at radius 1 is 1.21 bits per heavy atom. The first-order chi connectivity index (χ1) is 9.26. The van der Waals surface area contributed by atoms with Crippen molar-refractivity contribution in [2.45, 2.75) is 0 Å². The molecule has 4 nitrogen and oxygen atoms in total. The van der Waals surface area contributed by atoms with Crippen LogP contribution in [0.5, 0.6) is 0 Å². The van der Waals surface area contributed by atoms with Crippen molar-refractivity contribution in [3.8, 4) is 11.5 Å². The van der Waals surface area contributed by atoms with Crippen LogP contribution in [0.2, 0.25) is 5.02 Å². The zero-order valence-corrected chi connectivity index (χ0v) is 10.4. The van der Waals surface area contributed by atoms with Crippen molar-refractivity contribution in [2.75, 3.05) is 0 Å². The number of hydrogen-bond acceptors (Lipinski definition) is 4. The lowest BCUT2D eigenvalue weighted by atomic mass is 10.2. The lowest BCUT2D eigenvalue weighted by Gasteiger charge is -1.95. The largest absolute Gasteiger partial charge is 0.436 e. The zero-order valence-electron chi connectivity index (χ0n) is 9.63. The van der Waals surface area contributed by atoms with Gasteiger partial charge in [-0.2, -0.15) is 4.99 Å². The minimum Gasteiger partial charge on any atom is -0.436 e. The monoisotopic (exact) mass is 270 g/mol. The van der Waals surface area contributed by atoms with Gasteiger partial charge in [0, 0.05) is 10.6 Å². The molecule has 0 N–H and O–H groups in total. The molecule has 19 heavy (non-hydrogen) atoms. The van der Waals surface area contributed by atoms with E-state index in [1.54, 1.807) is 36.4 Å². The van der Waals surface area contributed by atoms with Gasteiger partial charge in [0.05, 0.1) is 5.69 Å². The number of benzene rings is 2. The van der Waals surface area contributed by atoms with Crippen molar-refractivity contribution in [3.63, 3.8) is 0 Å². The highest BCUT2D eigenvalue weighted by Gasteiger charge is 2.08. The van der Waals surface area contributed by atoms with E-state index in [-0.39, 0.29) is 0 Å². The number of hydrogen-bond donors (Lipinski definition) is 0. The molecule has 1 aromatic heterocycles. The Morgan fingerprint density at radius 2 is 2.11 bits per heavy atom. The van der Waals surface area contributed by atoms with E-state index in [9.17, 15) is 4.79 Å². The Labute approximate surface area is 113 Å². The molecule has 0 saturated heterocycles. The Bertz CT molecular complexity index is 804. The van der Waals surface area contributed by atoms with Crippen LogP contribution < -0.4 is 0 Å². The number of aliphatic imine (C=N–C) groups is 1. The molecule has 3 rings (SSSR count). The second kappa shape index (κ2) is 4.69. The van der Waals surface area contributed by atoms with E-state index < -0.39 is 0 Å². The number of isocyanates is 1. The Balaban J connectivity index is 2.13. The van der Waals surface area contributed by atoms with Crippen LogP contribution in [0.15, 0.2) is 51.9 Å². The lowest BCUT2D eigenvalue weighted by molar-refractivity contribution is 0.565.